The first-order chi connectivity index (χ1) is 20.4. The highest BCUT2D eigenvalue weighted by molar-refractivity contribution is 9.10. The number of nitrogens with zero attached hydrogens (tertiary/aromatic N) is 5. The third kappa shape index (κ3) is 5.22. The number of aromatic nitrogens is 3. The summed E-state index contributed by atoms with van der Waals surface area (Å²) in [6.45, 7) is 2.16. The minimum Gasteiger partial charge on any atom is -0.490 e. The van der Waals surface area contributed by atoms with Gasteiger partial charge in [0, 0.05) is 17.5 Å². The van der Waals surface area contributed by atoms with Gasteiger partial charge in [0.1, 0.15) is 11.8 Å². The molecule has 0 N–H and O–H groups in total. The topological polar surface area (TPSA) is 135 Å². The summed E-state index contributed by atoms with van der Waals surface area (Å²) >= 11 is 3.51. The van der Waals surface area contributed by atoms with Crippen LogP contribution in [0.25, 0.3) is 33.5 Å². The molecule has 42 heavy (non-hydrogen) atoms. The Labute approximate surface area is 245 Å². The second kappa shape index (κ2) is 11.3. The van der Waals surface area contributed by atoms with Gasteiger partial charge in [0.25, 0.3) is 11.2 Å². The van der Waals surface area contributed by atoms with Crippen molar-refractivity contribution >= 4 is 49.7 Å². The predicted octanol–water partition coefficient (Wildman–Crippen LogP) is 6.95. The van der Waals surface area contributed by atoms with Gasteiger partial charge in [-0.2, -0.15) is 9.78 Å². The van der Waals surface area contributed by atoms with Crippen LogP contribution in [0.2, 0.25) is 0 Å². The number of ether oxygens (including phenoxy) is 2. The highest BCUT2D eigenvalue weighted by Gasteiger charge is 2.18. The molecule has 0 fully saturated rings. The second-order valence-corrected chi connectivity index (χ2v) is 9.79. The summed E-state index contributed by atoms with van der Waals surface area (Å²) in [5.74, 6) is 1.48. The first-order valence-electron chi connectivity index (χ1n) is 12.7. The maximum absolute atomic E-state index is 13.6. The molecule has 3 heterocycles. The van der Waals surface area contributed by atoms with Gasteiger partial charge in [0.2, 0.25) is 11.7 Å². The van der Waals surface area contributed by atoms with Gasteiger partial charge in [0.15, 0.2) is 17.3 Å². The van der Waals surface area contributed by atoms with Gasteiger partial charge in [-0.1, -0.05) is 30.3 Å². The number of benzene rings is 3. The maximum Gasteiger partial charge on any atom is 0.287 e. The average Bonchev–Trinajstić information content (AvgIpc) is 3.43. The molecule has 6 rings (SSSR count). The zero-order chi connectivity index (χ0) is 29.2. The van der Waals surface area contributed by atoms with Crippen molar-refractivity contribution in [2.75, 3.05) is 6.61 Å². The minimum atomic E-state index is -0.539. The van der Waals surface area contributed by atoms with Gasteiger partial charge in [-0.05, 0) is 64.8 Å². The van der Waals surface area contributed by atoms with Crippen LogP contribution in [0.5, 0.6) is 17.4 Å². The normalized spacial score (nSPS) is 11.4. The van der Waals surface area contributed by atoms with E-state index in [1.165, 1.54) is 23.0 Å². The third-order valence-electron chi connectivity index (χ3n) is 6.19. The number of hydrogen-bond acceptors (Lipinski definition) is 9. The molecular formula is C30H20BrN5O6. The van der Waals surface area contributed by atoms with Crippen molar-refractivity contribution in [3.63, 3.8) is 0 Å². The molecule has 0 amide bonds. The van der Waals surface area contributed by atoms with Crippen molar-refractivity contribution in [3.8, 4) is 29.0 Å². The molecule has 0 saturated carbocycles. The summed E-state index contributed by atoms with van der Waals surface area (Å²) in [6.07, 6.45) is 2.62. The first kappa shape index (κ1) is 26.8. The summed E-state index contributed by atoms with van der Waals surface area (Å²) in [5, 5.41) is 16.7. The smallest absolute Gasteiger partial charge is 0.287 e. The number of pyridine rings is 1. The number of nitro groups is 1. The number of fused-ring (bicyclic) bond motifs is 2. The molecule has 0 aliphatic rings. The molecule has 208 valence electrons. The molecule has 0 saturated heterocycles. The molecule has 3 aromatic heterocycles. The fourth-order valence-electron chi connectivity index (χ4n) is 4.28. The Balaban J connectivity index is 1.41. The van der Waals surface area contributed by atoms with Gasteiger partial charge in [-0.3, -0.25) is 14.9 Å². The minimum absolute atomic E-state index is 0.146. The molecular weight excluding hydrogens is 606 g/mol. The van der Waals surface area contributed by atoms with Gasteiger partial charge in [0.05, 0.1) is 33.1 Å². The number of para-hydroxylation sites is 2. The average molecular weight is 626 g/mol. The quantitative estimate of drug-likeness (QED) is 0.101. The second-order valence-electron chi connectivity index (χ2n) is 8.94. The summed E-state index contributed by atoms with van der Waals surface area (Å²) < 4.78 is 19.4. The molecule has 0 atom stereocenters. The lowest BCUT2D eigenvalue weighted by molar-refractivity contribution is -0.385. The van der Waals surface area contributed by atoms with E-state index in [0.29, 0.717) is 50.4 Å². The number of halogens is 1. The van der Waals surface area contributed by atoms with E-state index in [9.17, 15) is 14.9 Å². The molecule has 11 nitrogen and oxygen atoms in total. The van der Waals surface area contributed by atoms with Crippen molar-refractivity contribution < 1.29 is 18.8 Å². The highest BCUT2D eigenvalue weighted by Crippen LogP contribution is 2.39. The van der Waals surface area contributed by atoms with Gasteiger partial charge >= 0.3 is 0 Å². The van der Waals surface area contributed by atoms with E-state index in [1.54, 1.807) is 30.3 Å². The molecule has 3 aromatic carbocycles. The van der Waals surface area contributed by atoms with E-state index in [-0.39, 0.29) is 23.0 Å². The van der Waals surface area contributed by atoms with Crippen LogP contribution in [0.15, 0.2) is 104 Å². The van der Waals surface area contributed by atoms with Crippen LogP contribution in [-0.2, 0) is 0 Å². The van der Waals surface area contributed by atoms with E-state index in [0.717, 1.165) is 11.6 Å². The van der Waals surface area contributed by atoms with Gasteiger partial charge in [-0.15, -0.1) is 0 Å². The van der Waals surface area contributed by atoms with Crippen LogP contribution in [0.4, 0.5) is 5.69 Å². The molecule has 0 aliphatic carbocycles. The third-order valence-corrected chi connectivity index (χ3v) is 6.78. The van der Waals surface area contributed by atoms with E-state index in [2.05, 4.69) is 26.0 Å². The van der Waals surface area contributed by atoms with Crippen LogP contribution in [-0.4, -0.2) is 32.4 Å². The number of hydrogen-bond donors (Lipinski definition) is 0. The van der Waals surface area contributed by atoms with E-state index in [1.807, 2.05) is 43.3 Å². The standard InChI is InChI=1S/C30H20BrN5O6/c1-2-40-25-14-18(13-22(31)28(25)42-27-12-11-20(17-32-27)36(38)39)16-33-35-29(26-15-19-7-3-6-10-24(19)41-26)34-23-9-5-4-8-21(23)30(35)37/h3-17H,2H2,1H3. The molecule has 0 bridgehead atoms. The fourth-order valence-corrected chi connectivity index (χ4v) is 4.82. The summed E-state index contributed by atoms with van der Waals surface area (Å²) in [5.41, 5.74) is 1.25. The molecule has 0 aliphatic heterocycles. The Morgan fingerprint density at radius 1 is 1.10 bits per heavy atom. The predicted molar refractivity (Wildman–Crippen MR) is 160 cm³/mol. The van der Waals surface area contributed by atoms with Crippen molar-refractivity contribution in [1.29, 1.82) is 0 Å². The highest BCUT2D eigenvalue weighted by atomic mass is 79.9. The van der Waals surface area contributed by atoms with Crippen LogP contribution in [0.1, 0.15) is 12.5 Å². The molecule has 12 heteroatoms. The summed E-state index contributed by atoms with van der Waals surface area (Å²) in [4.78, 5) is 32.7. The lowest BCUT2D eigenvalue weighted by Gasteiger charge is -2.14. The zero-order valence-corrected chi connectivity index (χ0v) is 23.5. The monoisotopic (exact) mass is 625 g/mol. The first-order valence-corrected chi connectivity index (χ1v) is 13.5. The SMILES string of the molecule is CCOc1cc(C=Nn2c(-c3cc4ccccc4o3)nc3ccccc3c2=O)cc(Br)c1Oc1ccc([N+](=O)[O-])cn1. The van der Waals surface area contributed by atoms with E-state index >= 15 is 0 Å². The molecule has 0 spiro atoms. The lowest BCUT2D eigenvalue weighted by Crippen LogP contribution is -2.20. The van der Waals surface area contributed by atoms with Gasteiger partial charge < -0.3 is 13.9 Å². The Bertz CT molecular complexity index is 2020. The zero-order valence-electron chi connectivity index (χ0n) is 21.9. The Kier molecular flexibility index (Phi) is 7.19. The number of furan rings is 1. The summed E-state index contributed by atoms with van der Waals surface area (Å²) in [6, 6.07) is 22.5. The Hall–Kier alpha value is -5.36. The van der Waals surface area contributed by atoms with Crippen LogP contribution < -0.4 is 15.0 Å². The van der Waals surface area contributed by atoms with Crippen LogP contribution in [0.3, 0.4) is 0 Å². The van der Waals surface area contributed by atoms with Crippen molar-refractivity contribution in [3.05, 3.63) is 116 Å². The lowest BCUT2D eigenvalue weighted by atomic mass is 10.2. The Morgan fingerprint density at radius 3 is 2.67 bits per heavy atom. The molecule has 6 aromatic rings. The van der Waals surface area contributed by atoms with E-state index < -0.39 is 4.92 Å². The number of rotatable bonds is 8. The molecule has 0 unspecified atom stereocenters. The fraction of sp³-hybridized carbons (Fsp3) is 0.0667. The Morgan fingerprint density at radius 2 is 1.90 bits per heavy atom. The summed E-state index contributed by atoms with van der Waals surface area (Å²) in [7, 11) is 0. The van der Waals surface area contributed by atoms with Gasteiger partial charge in [-0.25, -0.2) is 9.97 Å². The van der Waals surface area contributed by atoms with Crippen LogP contribution >= 0.6 is 15.9 Å². The molecule has 0 radical (unpaired) electrons. The maximum atomic E-state index is 13.6. The van der Waals surface area contributed by atoms with Crippen molar-refractivity contribution in [2.45, 2.75) is 6.92 Å². The van der Waals surface area contributed by atoms with Crippen LogP contribution in [0, 0.1) is 10.1 Å². The van der Waals surface area contributed by atoms with Crippen molar-refractivity contribution in [1.82, 2.24) is 14.6 Å². The largest absolute Gasteiger partial charge is 0.490 e. The van der Waals surface area contributed by atoms with Crippen molar-refractivity contribution in [2.24, 2.45) is 5.10 Å². The van der Waals surface area contributed by atoms with E-state index in [4.69, 9.17) is 18.9 Å².